The third-order valence-electron chi connectivity index (χ3n) is 2.05. The molecule has 0 spiro atoms. The van der Waals surface area contributed by atoms with Gasteiger partial charge in [-0.05, 0) is 39.8 Å². The number of hydrogen-bond acceptors (Lipinski definition) is 3. The number of benzene rings is 1. The maximum Gasteiger partial charge on any atom is 0.278 e. The van der Waals surface area contributed by atoms with E-state index in [0.29, 0.717) is 11.3 Å². The molecule has 0 aromatic heterocycles. The van der Waals surface area contributed by atoms with Crippen LogP contribution in [-0.2, 0) is 4.84 Å². The molecule has 4 nitrogen and oxygen atoms in total. The van der Waals surface area contributed by atoms with E-state index in [4.69, 9.17) is 9.57 Å². The lowest BCUT2D eigenvalue weighted by atomic mass is 10.1. The Bertz CT molecular complexity index is 408. The first kappa shape index (κ1) is 13.5. The predicted octanol–water partition coefficient (Wildman–Crippen LogP) is 2.46. The zero-order valence-corrected chi connectivity index (χ0v) is 11.0. The Labute approximate surface area is 102 Å². The second-order valence-electron chi connectivity index (χ2n) is 4.85. The van der Waals surface area contributed by atoms with Crippen molar-refractivity contribution in [3.05, 3.63) is 29.3 Å². The summed E-state index contributed by atoms with van der Waals surface area (Å²) in [4.78, 5) is 17.1. The summed E-state index contributed by atoms with van der Waals surface area (Å²) in [5, 5.41) is 0. The molecule has 4 heteroatoms. The van der Waals surface area contributed by atoms with Crippen LogP contribution in [0.4, 0.5) is 0 Å². The van der Waals surface area contributed by atoms with Gasteiger partial charge in [0.15, 0.2) is 0 Å². The number of rotatable bonds is 3. The van der Waals surface area contributed by atoms with Crippen LogP contribution < -0.4 is 10.2 Å². The number of nitrogens with one attached hydrogen (secondary N) is 1. The van der Waals surface area contributed by atoms with Gasteiger partial charge < -0.3 is 4.74 Å². The first-order valence-corrected chi connectivity index (χ1v) is 5.46. The molecule has 94 valence electrons. The fraction of sp³-hybridized carbons (Fsp3) is 0.462. The van der Waals surface area contributed by atoms with Gasteiger partial charge in [-0.1, -0.05) is 11.6 Å². The van der Waals surface area contributed by atoms with Gasteiger partial charge in [-0.2, -0.15) is 0 Å². The highest BCUT2D eigenvalue weighted by atomic mass is 16.7. The van der Waals surface area contributed by atoms with Crippen molar-refractivity contribution in [1.29, 1.82) is 0 Å². The van der Waals surface area contributed by atoms with Crippen molar-refractivity contribution in [3.63, 3.8) is 0 Å². The SMILES string of the molecule is COc1ccc(C)cc1C(=O)NOC(C)(C)C. The minimum absolute atomic E-state index is 0.305. The number of methoxy groups -OCH3 is 1. The van der Waals surface area contributed by atoms with Crippen molar-refractivity contribution in [2.45, 2.75) is 33.3 Å². The van der Waals surface area contributed by atoms with Crippen molar-refractivity contribution in [2.75, 3.05) is 7.11 Å². The van der Waals surface area contributed by atoms with Gasteiger partial charge in [0.25, 0.3) is 5.91 Å². The van der Waals surface area contributed by atoms with Crippen LogP contribution in [-0.4, -0.2) is 18.6 Å². The monoisotopic (exact) mass is 237 g/mol. The third kappa shape index (κ3) is 4.07. The molecule has 0 aliphatic carbocycles. The van der Waals surface area contributed by atoms with Gasteiger partial charge in [0, 0.05) is 0 Å². The summed E-state index contributed by atoms with van der Waals surface area (Å²) >= 11 is 0. The summed E-state index contributed by atoms with van der Waals surface area (Å²) in [6.45, 7) is 7.50. The topological polar surface area (TPSA) is 47.6 Å². The molecule has 0 atom stereocenters. The van der Waals surface area contributed by atoms with E-state index in [2.05, 4.69) is 5.48 Å². The van der Waals surface area contributed by atoms with Crippen LogP contribution in [0.25, 0.3) is 0 Å². The molecule has 17 heavy (non-hydrogen) atoms. The molecular weight excluding hydrogens is 218 g/mol. The van der Waals surface area contributed by atoms with E-state index in [1.54, 1.807) is 12.1 Å². The molecule has 0 radical (unpaired) electrons. The lowest BCUT2D eigenvalue weighted by molar-refractivity contribution is -0.0590. The molecule has 1 aromatic carbocycles. The number of hydroxylamine groups is 1. The number of carbonyl (C=O) groups is 1. The molecular formula is C13H19NO3. The average Bonchev–Trinajstić information content (AvgIpc) is 2.25. The third-order valence-corrected chi connectivity index (χ3v) is 2.05. The summed E-state index contributed by atoms with van der Waals surface area (Å²) < 4.78 is 5.14. The summed E-state index contributed by atoms with van der Waals surface area (Å²) in [7, 11) is 1.53. The van der Waals surface area contributed by atoms with Crippen LogP contribution in [0.3, 0.4) is 0 Å². The quantitative estimate of drug-likeness (QED) is 0.821. The molecule has 0 aliphatic heterocycles. The standard InChI is InChI=1S/C13H19NO3/c1-9-6-7-11(16-5)10(8-9)12(15)14-17-13(2,3)4/h6-8H,1-5H3,(H,14,15). The number of hydrogen-bond donors (Lipinski definition) is 1. The van der Waals surface area contributed by atoms with Gasteiger partial charge in [-0.3, -0.25) is 9.63 Å². The van der Waals surface area contributed by atoms with Gasteiger partial charge >= 0.3 is 0 Å². The van der Waals surface area contributed by atoms with Crippen molar-refractivity contribution in [2.24, 2.45) is 0 Å². The minimum atomic E-state index is -0.424. The second kappa shape index (κ2) is 5.19. The Morgan fingerprint density at radius 1 is 1.29 bits per heavy atom. The van der Waals surface area contributed by atoms with E-state index >= 15 is 0 Å². The van der Waals surface area contributed by atoms with Crippen LogP contribution in [0.1, 0.15) is 36.7 Å². The molecule has 0 unspecified atom stereocenters. The van der Waals surface area contributed by atoms with E-state index in [1.807, 2.05) is 33.8 Å². The normalized spacial score (nSPS) is 11.1. The molecule has 0 saturated heterocycles. The number of amides is 1. The van der Waals surface area contributed by atoms with Gasteiger partial charge in [-0.25, -0.2) is 5.48 Å². The average molecular weight is 237 g/mol. The number of ether oxygens (including phenoxy) is 1. The van der Waals surface area contributed by atoms with E-state index in [1.165, 1.54) is 7.11 Å². The van der Waals surface area contributed by atoms with Gasteiger partial charge in [0.1, 0.15) is 5.75 Å². The highest BCUT2D eigenvalue weighted by Gasteiger charge is 2.16. The maximum atomic E-state index is 11.9. The van der Waals surface area contributed by atoms with Crippen molar-refractivity contribution < 1.29 is 14.4 Å². The first-order valence-electron chi connectivity index (χ1n) is 5.46. The Kier molecular flexibility index (Phi) is 4.12. The molecule has 0 saturated carbocycles. The number of carbonyl (C=O) groups excluding carboxylic acids is 1. The summed E-state index contributed by atoms with van der Waals surface area (Å²) in [6, 6.07) is 5.42. The van der Waals surface area contributed by atoms with Crippen molar-refractivity contribution in [3.8, 4) is 5.75 Å². The Morgan fingerprint density at radius 3 is 2.47 bits per heavy atom. The zero-order chi connectivity index (χ0) is 13.1. The van der Waals surface area contributed by atoms with E-state index in [-0.39, 0.29) is 5.91 Å². The first-order chi connectivity index (χ1) is 7.83. The highest BCUT2D eigenvalue weighted by molar-refractivity contribution is 5.96. The largest absolute Gasteiger partial charge is 0.496 e. The molecule has 0 aliphatic rings. The van der Waals surface area contributed by atoms with E-state index in [9.17, 15) is 4.79 Å². The molecule has 1 N–H and O–H groups in total. The molecule has 0 fully saturated rings. The second-order valence-corrected chi connectivity index (χ2v) is 4.85. The Morgan fingerprint density at radius 2 is 1.94 bits per heavy atom. The van der Waals surface area contributed by atoms with Crippen LogP contribution in [0.2, 0.25) is 0 Å². The van der Waals surface area contributed by atoms with E-state index < -0.39 is 5.60 Å². The smallest absolute Gasteiger partial charge is 0.278 e. The Hall–Kier alpha value is -1.55. The molecule has 1 aromatic rings. The highest BCUT2D eigenvalue weighted by Crippen LogP contribution is 2.19. The summed E-state index contributed by atoms with van der Waals surface area (Å²) in [6.07, 6.45) is 0. The lowest BCUT2D eigenvalue weighted by Gasteiger charge is -2.19. The maximum absolute atomic E-state index is 11.9. The minimum Gasteiger partial charge on any atom is -0.496 e. The fourth-order valence-corrected chi connectivity index (χ4v) is 1.25. The van der Waals surface area contributed by atoms with Crippen molar-refractivity contribution in [1.82, 2.24) is 5.48 Å². The molecule has 1 amide bonds. The summed E-state index contributed by atoms with van der Waals surface area (Å²) in [5.74, 6) is 0.228. The van der Waals surface area contributed by atoms with Crippen molar-refractivity contribution >= 4 is 5.91 Å². The predicted molar refractivity (Wildman–Crippen MR) is 66.0 cm³/mol. The molecule has 1 rings (SSSR count). The van der Waals surface area contributed by atoms with Crippen LogP contribution in [0.15, 0.2) is 18.2 Å². The fourth-order valence-electron chi connectivity index (χ4n) is 1.25. The number of aryl methyl sites for hydroxylation is 1. The van der Waals surface area contributed by atoms with Gasteiger partial charge in [0.05, 0.1) is 18.3 Å². The van der Waals surface area contributed by atoms with Crippen LogP contribution in [0.5, 0.6) is 5.75 Å². The Balaban J connectivity index is 2.84. The van der Waals surface area contributed by atoms with Crippen LogP contribution >= 0.6 is 0 Å². The van der Waals surface area contributed by atoms with E-state index in [0.717, 1.165) is 5.56 Å². The zero-order valence-electron chi connectivity index (χ0n) is 11.0. The van der Waals surface area contributed by atoms with Crippen LogP contribution in [0, 0.1) is 6.92 Å². The van der Waals surface area contributed by atoms with Gasteiger partial charge in [-0.15, -0.1) is 0 Å². The lowest BCUT2D eigenvalue weighted by Crippen LogP contribution is -2.33. The van der Waals surface area contributed by atoms with Gasteiger partial charge in [0.2, 0.25) is 0 Å². The molecule has 0 bridgehead atoms. The molecule has 0 heterocycles. The summed E-state index contributed by atoms with van der Waals surface area (Å²) in [5.41, 5.74) is 3.46.